The lowest BCUT2D eigenvalue weighted by Crippen LogP contribution is -2.56. The predicted molar refractivity (Wildman–Crippen MR) is 113 cm³/mol. The molecule has 0 saturated carbocycles. The van der Waals surface area contributed by atoms with Crippen molar-refractivity contribution in [1.82, 2.24) is 9.88 Å². The van der Waals surface area contributed by atoms with E-state index in [1.807, 2.05) is 0 Å². The highest BCUT2D eigenvalue weighted by atomic mass is 19.3. The molecule has 0 unspecified atom stereocenters. The van der Waals surface area contributed by atoms with Crippen LogP contribution < -0.4 is 11.5 Å². The highest BCUT2D eigenvalue weighted by molar-refractivity contribution is 5.86. The number of alkyl halides is 2. The zero-order valence-corrected chi connectivity index (χ0v) is 16.8. The maximum atomic E-state index is 13.2. The molecule has 6 N–H and O–H groups in total. The van der Waals surface area contributed by atoms with E-state index >= 15 is 0 Å². The maximum Gasteiger partial charge on any atom is 0.272 e. The molecule has 0 spiro atoms. The van der Waals surface area contributed by atoms with Crippen LogP contribution >= 0.6 is 0 Å². The fourth-order valence-electron chi connectivity index (χ4n) is 4.35. The average molecular weight is 418 g/mol. The van der Waals surface area contributed by atoms with E-state index in [0.29, 0.717) is 43.3 Å². The Balaban J connectivity index is 1.65. The number of H-pyrrole nitrogens is 1. The Bertz CT molecular complexity index is 927. The van der Waals surface area contributed by atoms with Crippen LogP contribution in [0.5, 0.6) is 5.75 Å². The minimum absolute atomic E-state index is 0.0920. The van der Waals surface area contributed by atoms with Crippen molar-refractivity contribution in [2.24, 2.45) is 5.73 Å². The van der Waals surface area contributed by atoms with Crippen LogP contribution in [0.1, 0.15) is 41.1 Å². The molecule has 4 rings (SSSR count). The van der Waals surface area contributed by atoms with Crippen LogP contribution in [0.3, 0.4) is 0 Å². The average Bonchev–Trinajstić information content (AvgIpc) is 3.01. The molecule has 1 aromatic heterocycles. The predicted octanol–water partition coefficient (Wildman–Crippen LogP) is 3.15. The third-order valence-corrected chi connectivity index (χ3v) is 5.94. The van der Waals surface area contributed by atoms with Crippen LogP contribution in [0.2, 0.25) is 0 Å². The first-order valence-electron chi connectivity index (χ1n) is 10.3. The summed E-state index contributed by atoms with van der Waals surface area (Å²) < 4.78 is 32.0. The second kappa shape index (κ2) is 8.28. The van der Waals surface area contributed by atoms with Crippen molar-refractivity contribution in [3.63, 3.8) is 0 Å². The van der Waals surface area contributed by atoms with Crippen LogP contribution in [0, 0.1) is 0 Å². The maximum absolute atomic E-state index is 13.2. The molecule has 0 aliphatic carbocycles. The topological polar surface area (TPSA) is 101 Å². The van der Waals surface area contributed by atoms with Gasteiger partial charge in [0.05, 0.1) is 13.1 Å². The molecule has 3 heterocycles. The summed E-state index contributed by atoms with van der Waals surface area (Å²) in [6.07, 6.45) is 4.12. The van der Waals surface area contributed by atoms with Gasteiger partial charge in [0.15, 0.2) is 0 Å². The SMILES string of the molecule is N/C(=C\c1c(N)[nH]c(C2CCOCC2)c1CCN1CC(F)(F)C1)c1ccccc1O. The molecule has 162 valence electrons. The summed E-state index contributed by atoms with van der Waals surface area (Å²) >= 11 is 0. The summed E-state index contributed by atoms with van der Waals surface area (Å²) in [6, 6.07) is 6.85. The van der Waals surface area contributed by atoms with Gasteiger partial charge in [-0.05, 0) is 43.0 Å². The number of benzene rings is 1. The fraction of sp³-hybridized carbons (Fsp3) is 0.455. The molecule has 2 aliphatic heterocycles. The number of aromatic amines is 1. The van der Waals surface area contributed by atoms with Gasteiger partial charge in [0.1, 0.15) is 11.6 Å². The van der Waals surface area contributed by atoms with E-state index in [1.165, 1.54) is 0 Å². The van der Waals surface area contributed by atoms with Crippen molar-refractivity contribution in [1.29, 1.82) is 0 Å². The number of phenols is 1. The van der Waals surface area contributed by atoms with Crippen molar-refractivity contribution < 1.29 is 18.6 Å². The molecule has 6 nitrogen and oxygen atoms in total. The Kier molecular flexibility index (Phi) is 5.71. The highest BCUT2D eigenvalue weighted by Gasteiger charge is 2.43. The van der Waals surface area contributed by atoms with E-state index in [1.54, 1.807) is 35.2 Å². The number of rotatable bonds is 6. The minimum Gasteiger partial charge on any atom is -0.507 e. The van der Waals surface area contributed by atoms with Gasteiger partial charge in [0, 0.05) is 48.2 Å². The summed E-state index contributed by atoms with van der Waals surface area (Å²) in [7, 11) is 0. The first-order valence-corrected chi connectivity index (χ1v) is 10.3. The van der Waals surface area contributed by atoms with Gasteiger partial charge in [-0.25, -0.2) is 8.78 Å². The Morgan fingerprint density at radius 3 is 2.63 bits per heavy atom. The van der Waals surface area contributed by atoms with Crippen LogP contribution in [0.4, 0.5) is 14.6 Å². The largest absolute Gasteiger partial charge is 0.507 e. The Morgan fingerprint density at radius 2 is 1.97 bits per heavy atom. The number of para-hydroxylation sites is 1. The van der Waals surface area contributed by atoms with Crippen LogP contribution in [0.15, 0.2) is 24.3 Å². The molecule has 2 aromatic rings. The quantitative estimate of drug-likeness (QED) is 0.577. The third-order valence-electron chi connectivity index (χ3n) is 5.94. The zero-order valence-electron chi connectivity index (χ0n) is 16.8. The monoisotopic (exact) mass is 418 g/mol. The van der Waals surface area contributed by atoms with Gasteiger partial charge in [-0.2, -0.15) is 0 Å². The van der Waals surface area contributed by atoms with Crippen molar-refractivity contribution in [3.8, 4) is 5.75 Å². The molecule has 2 aliphatic rings. The number of nitrogens with zero attached hydrogens (tertiary/aromatic N) is 1. The van der Waals surface area contributed by atoms with E-state index < -0.39 is 5.92 Å². The second-order valence-corrected chi connectivity index (χ2v) is 8.16. The summed E-state index contributed by atoms with van der Waals surface area (Å²) in [5, 5.41) is 10.1. The third kappa shape index (κ3) is 4.29. The number of nitrogen functional groups attached to an aromatic ring is 1. The second-order valence-electron chi connectivity index (χ2n) is 8.16. The molecular formula is C22H28F2N4O2. The van der Waals surface area contributed by atoms with Crippen molar-refractivity contribution in [3.05, 3.63) is 46.6 Å². The van der Waals surface area contributed by atoms with E-state index in [2.05, 4.69) is 4.98 Å². The van der Waals surface area contributed by atoms with Gasteiger partial charge < -0.3 is 26.3 Å². The van der Waals surface area contributed by atoms with E-state index in [4.69, 9.17) is 16.2 Å². The molecule has 0 bridgehead atoms. The summed E-state index contributed by atoms with van der Waals surface area (Å²) in [4.78, 5) is 5.07. The standard InChI is InChI=1S/C22H28F2N4O2/c23-22(24)12-28(13-22)8-5-15-17(11-18(25)16-3-1-2-4-19(16)29)21(26)27-20(15)14-6-9-30-10-7-14/h1-4,11,14,27,29H,5-10,12-13,25-26H2/b18-11-. The molecule has 1 aromatic carbocycles. The molecule has 8 heteroatoms. The molecule has 0 amide bonds. The minimum atomic E-state index is -2.58. The first kappa shape index (κ1) is 20.7. The zero-order chi connectivity index (χ0) is 21.3. The number of aromatic hydroxyl groups is 1. The lowest BCUT2D eigenvalue weighted by molar-refractivity contribution is -0.129. The Hall–Kier alpha value is -2.58. The number of nitrogens with one attached hydrogen (secondary N) is 1. The van der Waals surface area contributed by atoms with E-state index in [0.717, 1.165) is 29.7 Å². The number of halogens is 2. The Labute approximate surface area is 174 Å². The number of nitrogens with two attached hydrogens (primary N) is 2. The number of likely N-dealkylation sites (tertiary alicyclic amines) is 1. The van der Waals surface area contributed by atoms with E-state index in [-0.39, 0.29) is 24.8 Å². The molecule has 2 saturated heterocycles. The molecule has 30 heavy (non-hydrogen) atoms. The van der Waals surface area contributed by atoms with Gasteiger partial charge in [-0.3, -0.25) is 4.90 Å². The molecule has 0 radical (unpaired) electrons. The summed E-state index contributed by atoms with van der Waals surface area (Å²) in [5.74, 6) is -1.71. The van der Waals surface area contributed by atoms with Crippen molar-refractivity contribution in [2.75, 3.05) is 38.6 Å². The Morgan fingerprint density at radius 1 is 1.27 bits per heavy atom. The lowest BCUT2D eigenvalue weighted by atomic mass is 9.91. The van der Waals surface area contributed by atoms with Crippen LogP contribution in [0.25, 0.3) is 11.8 Å². The normalized spacial score (nSPS) is 20.3. The number of hydrogen-bond acceptors (Lipinski definition) is 5. The van der Waals surface area contributed by atoms with Gasteiger partial charge >= 0.3 is 0 Å². The molecular weight excluding hydrogens is 390 g/mol. The number of phenolic OH excluding ortho intramolecular Hbond substituents is 1. The van der Waals surface area contributed by atoms with Gasteiger partial charge in [0.2, 0.25) is 0 Å². The van der Waals surface area contributed by atoms with Gasteiger partial charge in [-0.1, -0.05) is 12.1 Å². The van der Waals surface area contributed by atoms with Gasteiger partial charge in [0.25, 0.3) is 5.92 Å². The van der Waals surface area contributed by atoms with Crippen LogP contribution in [-0.4, -0.2) is 53.8 Å². The highest BCUT2D eigenvalue weighted by Crippen LogP contribution is 2.36. The van der Waals surface area contributed by atoms with Crippen molar-refractivity contribution in [2.45, 2.75) is 31.1 Å². The lowest BCUT2D eigenvalue weighted by Gasteiger charge is -2.38. The number of ether oxygens (including phenoxy) is 1. The summed E-state index contributed by atoms with van der Waals surface area (Å²) in [5.41, 5.74) is 16.4. The molecule has 2 fully saturated rings. The number of aromatic nitrogens is 1. The summed E-state index contributed by atoms with van der Waals surface area (Å²) in [6.45, 7) is 1.50. The van der Waals surface area contributed by atoms with E-state index in [9.17, 15) is 13.9 Å². The molecule has 0 atom stereocenters. The first-order chi connectivity index (χ1) is 14.3. The van der Waals surface area contributed by atoms with Crippen LogP contribution in [-0.2, 0) is 11.2 Å². The van der Waals surface area contributed by atoms with Crippen molar-refractivity contribution >= 4 is 17.6 Å². The van der Waals surface area contributed by atoms with Gasteiger partial charge in [-0.15, -0.1) is 0 Å². The number of hydrogen-bond donors (Lipinski definition) is 4. The fourth-order valence-corrected chi connectivity index (χ4v) is 4.35. The number of anilines is 1. The smallest absolute Gasteiger partial charge is 0.272 e.